The largest absolute Gasteiger partial charge is 0.325 e. The van der Waals surface area contributed by atoms with E-state index in [1.807, 2.05) is 56.3 Å². The van der Waals surface area contributed by atoms with Crippen molar-refractivity contribution in [3.05, 3.63) is 65.2 Å². The van der Waals surface area contributed by atoms with Crippen LogP contribution in [-0.2, 0) is 4.79 Å². The summed E-state index contributed by atoms with van der Waals surface area (Å²) in [5.41, 5.74) is 4.24. The fraction of sp³-hybridized carbons (Fsp3) is 0.350. The standard InChI is InChI=1S/C20H25NO/c1-5-15(3)19(17-9-7-6-8-10-17)20(22)21-18-13-14(2)11-12-16(18)4/h6-13,15,19H,5H2,1-4H3,(H,21,22). The van der Waals surface area contributed by atoms with Gasteiger partial charge in [-0.05, 0) is 42.5 Å². The number of benzene rings is 2. The molecule has 2 aromatic rings. The molecule has 2 heteroatoms. The number of hydrogen-bond acceptors (Lipinski definition) is 1. The highest BCUT2D eigenvalue weighted by molar-refractivity contribution is 5.96. The topological polar surface area (TPSA) is 29.1 Å². The van der Waals surface area contributed by atoms with E-state index in [1.165, 1.54) is 0 Å². The SMILES string of the molecule is CCC(C)C(C(=O)Nc1cc(C)ccc1C)c1ccccc1. The molecule has 0 aromatic heterocycles. The average molecular weight is 295 g/mol. The minimum atomic E-state index is -0.119. The molecular formula is C20H25NO. The first-order valence-corrected chi connectivity index (χ1v) is 7.96. The molecule has 2 atom stereocenters. The van der Waals surface area contributed by atoms with Crippen LogP contribution < -0.4 is 5.32 Å². The van der Waals surface area contributed by atoms with Crippen molar-refractivity contribution in [3.8, 4) is 0 Å². The lowest BCUT2D eigenvalue weighted by molar-refractivity contribution is -0.118. The Morgan fingerprint density at radius 1 is 1.09 bits per heavy atom. The molecule has 1 N–H and O–H groups in total. The van der Waals surface area contributed by atoms with Crippen LogP contribution in [0.4, 0.5) is 5.69 Å². The Balaban J connectivity index is 2.28. The Bertz CT molecular complexity index is 633. The van der Waals surface area contributed by atoms with Gasteiger partial charge in [0.2, 0.25) is 5.91 Å². The van der Waals surface area contributed by atoms with E-state index >= 15 is 0 Å². The van der Waals surface area contributed by atoms with Crippen LogP contribution in [0.2, 0.25) is 0 Å². The van der Waals surface area contributed by atoms with E-state index in [-0.39, 0.29) is 11.8 Å². The summed E-state index contributed by atoms with van der Waals surface area (Å²) in [7, 11) is 0. The molecule has 2 nitrogen and oxygen atoms in total. The van der Waals surface area contributed by atoms with Gasteiger partial charge in [0.15, 0.2) is 0 Å². The molecule has 0 heterocycles. The number of rotatable bonds is 5. The third-order valence-electron chi connectivity index (χ3n) is 4.31. The van der Waals surface area contributed by atoms with E-state index in [9.17, 15) is 4.79 Å². The molecule has 22 heavy (non-hydrogen) atoms. The van der Waals surface area contributed by atoms with Gasteiger partial charge in [-0.25, -0.2) is 0 Å². The molecule has 0 fully saturated rings. The molecular weight excluding hydrogens is 270 g/mol. The van der Waals surface area contributed by atoms with Crippen molar-refractivity contribution >= 4 is 11.6 Å². The summed E-state index contributed by atoms with van der Waals surface area (Å²) in [5.74, 6) is 0.257. The van der Waals surface area contributed by atoms with Gasteiger partial charge in [-0.1, -0.05) is 62.7 Å². The summed E-state index contributed by atoms with van der Waals surface area (Å²) in [6.45, 7) is 8.33. The van der Waals surface area contributed by atoms with Gasteiger partial charge < -0.3 is 5.32 Å². The maximum absolute atomic E-state index is 12.9. The van der Waals surface area contributed by atoms with Crippen molar-refractivity contribution in [2.45, 2.75) is 40.0 Å². The maximum atomic E-state index is 12.9. The molecule has 0 aliphatic heterocycles. The molecule has 0 bridgehead atoms. The Morgan fingerprint density at radius 3 is 2.41 bits per heavy atom. The average Bonchev–Trinajstić information content (AvgIpc) is 2.52. The number of hydrogen-bond donors (Lipinski definition) is 1. The van der Waals surface area contributed by atoms with E-state index in [2.05, 4.69) is 25.2 Å². The lowest BCUT2D eigenvalue weighted by Crippen LogP contribution is -2.26. The molecule has 0 saturated heterocycles. The second-order valence-electron chi connectivity index (χ2n) is 6.08. The maximum Gasteiger partial charge on any atom is 0.232 e. The molecule has 0 aliphatic carbocycles. The lowest BCUT2D eigenvalue weighted by atomic mass is 9.85. The summed E-state index contributed by atoms with van der Waals surface area (Å²) in [6, 6.07) is 16.2. The smallest absolute Gasteiger partial charge is 0.232 e. The molecule has 0 saturated carbocycles. The van der Waals surface area contributed by atoms with E-state index in [1.54, 1.807) is 0 Å². The van der Waals surface area contributed by atoms with Crippen LogP contribution in [0.25, 0.3) is 0 Å². The van der Waals surface area contributed by atoms with Crippen molar-refractivity contribution in [1.29, 1.82) is 0 Å². The van der Waals surface area contributed by atoms with Crippen LogP contribution in [0, 0.1) is 19.8 Å². The van der Waals surface area contributed by atoms with Crippen LogP contribution >= 0.6 is 0 Å². The zero-order chi connectivity index (χ0) is 16.1. The normalized spacial score (nSPS) is 13.5. The summed E-state index contributed by atoms with van der Waals surface area (Å²) in [6.07, 6.45) is 0.972. The van der Waals surface area contributed by atoms with Gasteiger partial charge in [-0.2, -0.15) is 0 Å². The molecule has 0 aliphatic rings. The van der Waals surface area contributed by atoms with E-state index in [0.29, 0.717) is 5.92 Å². The van der Waals surface area contributed by atoms with Gasteiger partial charge in [0.05, 0.1) is 5.92 Å². The lowest BCUT2D eigenvalue weighted by Gasteiger charge is -2.23. The summed E-state index contributed by atoms with van der Waals surface area (Å²) < 4.78 is 0. The Morgan fingerprint density at radius 2 is 1.77 bits per heavy atom. The van der Waals surface area contributed by atoms with Gasteiger partial charge in [-0.3, -0.25) is 4.79 Å². The first-order chi connectivity index (χ1) is 10.5. The fourth-order valence-corrected chi connectivity index (χ4v) is 2.72. The summed E-state index contributed by atoms with van der Waals surface area (Å²) >= 11 is 0. The number of aryl methyl sites for hydroxylation is 2. The minimum absolute atomic E-state index is 0.0780. The second-order valence-corrected chi connectivity index (χ2v) is 6.08. The Hall–Kier alpha value is -2.09. The number of nitrogens with one attached hydrogen (secondary N) is 1. The Kier molecular flexibility index (Phi) is 5.37. The highest BCUT2D eigenvalue weighted by atomic mass is 16.1. The second kappa shape index (κ2) is 7.26. The first-order valence-electron chi connectivity index (χ1n) is 7.96. The van der Waals surface area contributed by atoms with Crippen molar-refractivity contribution in [2.24, 2.45) is 5.92 Å². The van der Waals surface area contributed by atoms with Gasteiger partial charge in [0.1, 0.15) is 0 Å². The number of carbonyl (C=O) groups is 1. The van der Waals surface area contributed by atoms with E-state index in [0.717, 1.165) is 28.8 Å². The Labute approximate surface area is 133 Å². The van der Waals surface area contributed by atoms with Gasteiger partial charge in [-0.15, -0.1) is 0 Å². The predicted molar refractivity (Wildman–Crippen MR) is 93.2 cm³/mol. The van der Waals surface area contributed by atoms with E-state index in [4.69, 9.17) is 0 Å². The fourth-order valence-electron chi connectivity index (χ4n) is 2.72. The van der Waals surface area contributed by atoms with Crippen molar-refractivity contribution in [3.63, 3.8) is 0 Å². The van der Waals surface area contributed by atoms with Crippen LogP contribution in [0.15, 0.2) is 48.5 Å². The predicted octanol–water partition coefficient (Wildman–Crippen LogP) is 5.07. The minimum Gasteiger partial charge on any atom is -0.325 e. The monoisotopic (exact) mass is 295 g/mol. The zero-order valence-electron chi connectivity index (χ0n) is 13.9. The van der Waals surface area contributed by atoms with Crippen molar-refractivity contribution < 1.29 is 4.79 Å². The number of carbonyl (C=O) groups excluding carboxylic acids is 1. The number of amides is 1. The third-order valence-corrected chi connectivity index (χ3v) is 4.31. The van der Waals surface area contributed by atoms with E-state index < -0.39 is 0 Å². The molecule has 0 spiro atoms. The van der Waals surface area contributed by atoms with Crippen LogP contribution in [-0.4, -0.2) is 5.91 Å². The van der Waals surface area contributed by atoms with Gasteiger partial charge >= 0.3 is 0 Å². The molecule has 2 aromatic carbocycles. The molecule has 116 valence electrons. The van der Waals surface area contributed by atoms with Gasteiger partial charge in [0, 0.05) is 5.69 Å². The van der Waals surface area contributed by atoms with Crippen LogP contribution in [0.3, 0.4) is 0 Å². The third kappa shape index (κ3) is 3.76. The van der Waals surface area contributed by atoms with Crippen molar-refractivity contribution in [1.82, 2.24) is 0 Å². The first kappa shape index (κ1) is 16.3. The number of anilines is 1. The molecule has 0 radical (unpaired) electrons. The molecule has 2 unspecified atom stereocenters. The van der Waals surface area contributed by atoms with Gasteiger partial charge in [0.25, 0.3) is 0 Å². The zero-order valence-corrected chi connectivity index (χ0v) is 13.9. The van der Waals surface area contributed by atoms with Crippen LogP contribution in [0.5, 0.6) is 0 Å². The summed E-state index contributed by atoms with van der Waals surface area (Å²) in [5, 5.41) is 3.13. The molecule has 2 rings (SSSR count). The van der Waals surface area contributed by atoms with Crippen LogP contribution in [0.1, 0.15) is 42.9 Å². The molecule has 1 amide bonds. The highest BCUT2D eigenvalue weighted by Gasteiger charge is 2.26. The summed E-state index contributed by atoms with van der Waals surface area (Å²) in [4.78, 5) is 12.9. The highest BCUT2D eigenvalue weighted by Crippen LogP contribution is 2.29. The quantitative estimate of drug-likeness (QED) is 0.819. The van der Waals surface area contributed by atoms with Crippen molar-refractivity contribution in [2.75, 3.05) is 5.32 Å².